The van der Waals surface area contributed by atoms with Crippen molar-refractivity contribution in [2.24, 2.45) is 0 Å². The predicted molar refractivity (Wildman–Crippen MR) is 111 cm³/mol. The summed E-state index contributed by atoms with van der Waals surface area (Å²) in [7, 11) is 1.49. The number of benzene rings is 2. The summed E-state index contributed by atoms with van der Waals surface area (Å²) in [5.41, 5.74) is 1.20. The van der Waals surface area contributed by atoms with Crippen molar-refractivity contribution >= 4 is 34.6 Å². The number of methoxy groups -OCH3 is 1. The van der Waals surface area contributed by atoms with Gasteiger partial charge in [0.25, 0.3) is 5.56 Å². The molecule has 28 heavy (non-hydrogen) atoms. The van der Waals surface area contributed by atoms with E-state index in [1.54, 1.807) is 31.2 Å². The van der Waals surface area contributed by atoms with E-state index in [4.69, 9.17) is 9.47 Å². The molecule has 0 bridgehead atoms. The van der Waals surface area contributed by atoms with Gasteiger partial charge < -0.3 is 9.47 Å². The number of hydrogen-bond acceptors (Lipinski definition) is 4. The second-order valence-corrected chi connectivity index (χ2v) is 6.92. The second-order valence-electron chi connectivity index (χ2n) is 6.01. The molecule has 7 heteroatoms. The van der Waals surface area contributed by atoms with Gasteiger partial charge in [0.05, 0.1) is 23.4 Å². The van der Waals surface area contributed by atoms with Gasteiger partial charge in [-0.3, -0.25) is 14.7 Å². The van der Waals surface area contributed by atoms with Crippen LogP contribution in [0.3, 0.4) is 0 Å². The zero-order valence-electron chi connectivity index (χ0n) is 15.5. The number of hydrogen-bond donors (Lipinski definition) is 1. The fraction of sp³-hybridized carbons (Fsp3) is 0.143. The molecule has 0 radical (unpaired) electrons. The molecule has 0 saturated heterocycles. The molecule has 1 heterocycles. The van der Waals surface area contributed by atoms with Gasteiger partial charge in [-0.2, -0.15) is 0 Å². The monoisotopic (exact) mass is 442 g/mol. The van der Waals surface area contributed by atoms with E-state index < -0.39 is 0 Å². The minimum atomic E-state index is -0.349. The molecule has 0 spiro atoms. The summed E-state index contributed by atoms with van der Waals surface area (Å²) in [6.45, 7) is 5.65. The number of H-pyrrole nitrogens is 1. The normalized spacial score (nSPS) is 11.5. The van der Waals surface area contributed by atoms with E-state index in [0.29, 0.717) is 27.8 Å². The number of ether oxygens (including phenoxy) is 2. The van der Waals surface area contributed by atoms with E-state index in [9.17, 15) is 9.59 Å². The first-order chi connectivity index (χ1) is 13.4. The van der Waals surface area contributed by atoms with Gasteiger partial charge in [0.15, 0.2) is 11.5 Å². The summed E-state index contributed by atoms with van der Waals surface area (Å²) in [5.74, 6) is 0.392. The number of halogens is 1. The second kappa shape index (κ2) is 8.31. The van der Waals surface area contributed by atoms with Crippen molar-refractivity contribution < 1.29 is 14.3 Å². The Morgan fingerprint density at radius 1 is 1.25 bits per heavy atom. The number of nitrogens with one attached hydrogen (secondary N) is 1. The van der Waals surface area contributed by atoms with Gasteiger partial charge >= 0.3 is 5.97 Å². The van der Waals surface area contributed by atoms with Gasteiger partial charge in [-0.15, -0.1) is 0 Å². The number of rotatable bonds is 5. The molecule has 0 fully saturated rings. The molecule has 0 saturated carbocycles. The fourth-order valence-corrected chi connectivity index (χ4v) is 3.05. The quantitative estimate of drug-likeness (QED) is 0.486. The van der Waals surface area contributed by atoms with Crippen molar-refractivity contribution in [1.82, 2.24) is 9.78 Å². The van der Waals surface area contributed by atoms with E-state index in [0.717, 1.165) is 10.0 Å². The highest BCUT2D eigenvalue weighted by atomic mass is 79.9. The molecule has 2 aromatic carbocycles. The number of esters is 1. The van der Waals surface area contributed by atoms with Crippen molar-refractivity contribution in [3.8, 4) is 17.2 Å². The largest absolute Gasteiger partial charge is 0.493 e. The summed E-state index contributed by atoms with van der Waals surface area (Å²) in [5, 5.41) is 3.91. The summed E-state index contributed by atoms with van der Waals surface area (Å²) in [4.78, 5) is 24.4. The van der Waals surface area contributed by atoms with Gasteiger partial charge in [0, 0.05) is 10.9 Å². The van der Waals surface area contributed by atoms with Gasteiger partial charge in [-0.25, -0.2) is 4.68 Å². The molecular weight excluding hydrogens is 424 g/mol. The van der Waals surface area contributed by atoms with E-state index in [-0.39, 0.29) is 17.9 Å². The van der Waals surface area contributed by atoms with Crippen LogP contribution in [0, 0.1) is 0 Å². The number of carbonyl (C=O) groups excluding carboxylic acids is 1. The molecule has 3 rings (SSSR count). The van der Waals surface area contributed by atoms with Crippen LogP contribution in [-0.2, 0) is 4.79 Å². The van der Waals surface area contributed by atoms with Crippen LogP contribution >= 0.6 is 15.9 Å². The summed E-state index contributed by atoms with van der Waals surface area (Å²) in [6, 6.07) is 12.5. The highest BCUT2D eigenvalue weighted by Gasteiger charge is 2.10. The minimum Gasteiger partial charge on any atom is -0.493 e. The summed E-state index contributed by atoms with van der Waals surface area (Å²) >= 11 is 3.41. The molecule has 0 aliphatic carbocycles. The van der Waals surface area contributed by atoms with Crippen molar-refractivity contribution in [3.05, 3.63) is 73.4 Å². The van der Waals surface area contributed by atoms with E-state index in [1.807, 2.05) is 24.3 Å². The van der Waals surface area contributed by atoms with Crippen LogP contribution in [0.4, 0.5) is 0 Å². The first-order valence-corrected chi connectivity index (χ1v) is 9.38. The van der Waals surface area contributed by atoms with Gasteiger partial charge in [-0.1, -0.05) is 41.6 Å². The third-order valence-corrected chi connectivity index (χ3v) is 4.58. The first-order valence-electron chi connectivity index (χ1n) is 8.59. The standard InChI is InChI=1S/C21H19BrN2O4/c1-4-20(25)28-18-9-8-14(11-19(18)27-3)10-17-13(2)23-24(21(17)26)16-7-5-6-15(22)12-16/h5-12,23H,2,4H2,1,3H3/b17-10+. The van der Waals surface area contributed by atoms with Crippen molar-refractivity contribution in [2.45, 2.75) is 13.3 Å². The van der Waals surface area contributed by atoms with Crippen LogP contribution in [0.2, 0.25) is 0 Å². The van der Waals surface area contributed by atoms with Crippen LogP contribution < -0.4 is 25.6 Å². The molecule has 144 valence electrons. The average molecular weight is 443 g/mol. The summed E-state index contributed by atoms with van der Waals surface area (Å²) in [6.07, 6.45) is 1.98. The maximum atomic E-state index is 12.9. The molecule has 0 amide bonds. The lowest BCUT2D eigenvalue weighted by Crippen LogP contribution is -2.33. The van der Waals surface area contributed by atoms with Crippen LogP contribution in [-0.4, -0.2) is 22.9 Å². The Balaban J connectivity index is 2.06. The molecule has 6 nitrogen and oxygen atoms in total. The Labute approximate surface area is 169 Å². The van der Waals surface area contributed by atoms with Crippen LogP contribution in [0.5, 0.6) is 11.5 Å². The topological polar surface area (TPSA) is 73.3 Å². The molecular formula is C21H19BrN2O4. The van der Waals surface area contributed by atoms with Crippen LogP contribution in [0.1, 0.15) is 18.9 Å². The Bertz CT molecular complexity index is 1190. The maximum absolute atomic E-state index is 12.9. The number of aromatic nitrogens is 2. The molecule has 0 aliphatic rings. The lowest BCUT2D eigenvalue weighted by molar-refractivity contribution is -0.134. The summed E-state index contributed by atoms with van der Waals surface area (Å²) < 4.78 is 12.9. The molecule has 0 aliphatic heterocycles. The van der Waals surface area contributed by atoms with Crippen molar-refractivity contribution in [3.63, 3.8) is 0 Å². The lowest BCUT2D eigenvalue weighted by Gasteiger charge is -2.09. The number of carbonyl (C=O) groups is 1. The highest BCUT2D eigenvalue weighted by molar-refractivity contribution is 9.10. The van der Waals surface area contributed by atoms with Crippen LogP contribution in [0.25, 0.3) is 18.3 Å². The highest BCUT2D eigenvalue weighted by Crippen LogP contribution is 2.28. The SMILES string of the molecule is C=c1[nH]n(-c2cccc(Br)c2)c(=O)/c1=C/c1ccc(OC(=O)CC)c(OC)c1. The lowest BCUT2D eigenvalue weighted by atomic mass is 10.1. The van der Waals surface area contributed by atoms with Crippen LogP contribution in [0.15, 0.2) is 51.7 Å². The third kappa shape index (κ3) is 4.09. The molecule has 0 unspecified atom stereocenters. The number of nitrogens with zero attached hydrogens (tertiary/aromatic N) is 1. The van der Waals surface area contributed by atoms with Gasteiger partial charge in [0.2, 0.25) is 0 Å². The Hall–Kier alpha value is -3.06. The molecule has 3 aromatic rings. The predicted octanol–water partition coefficient (Wildman–Crippen LogP) is 2.49. The number of aromatic amines is 1. The average Bonchev–Trinajstić information content (AvgIpc) is 2.97. The van der Waals surface area contributed by atoms with Gasteiger partial charge in [0.1, 0.15) is 0 Å². The smallest absolute Gasteiger partial charge is 0.311 e. The van der Waals surface area contributed by atoms with E-state index in [1.165, 1.54) is 11.8 Å². The zero-order chi connectivity index (χ0) is 20.3. The van der Waals surface area contributed by atoms with E-state index >= 15 is 0 Å². The Kier molecular flexibility index (Phi) is 5.84. The molecule has 1 N–H and O–H groups in total. The third-order valence-electron chi connectivity index (χ3n) is 4.08. The van der Waals surface area contributed by atoms with E-state index in [2.05, 4.69) is 27.6 Å². The van der Waals surface area contributed by atoms with Crippen molar-refractivity contribution in [1.29, 1.82) is 0 Å². The fourth-order valence-electron chi connectivity index (χ4n) is 2.66. The van der Waals surface area contributed by atoms with Crippen molar-refractivity contribution in [2.75, 3.05) is 7.11 Å². The zero-order valence-corrected chi connectivity index (χ0v) is 17.1. The maximum Gasteiger partial charge on any atom is 0.311 e. The Morgan fingerprint density at radius 2 is 2.04 bits per heavy atom. The minimum absolute atomic E-state index is 0.219. The Morgan fingerprint density at radius 3 is 2.71 bits per heavy atom. The molecule has 1 aromatic heterocycles. The molecule has 0 atom stereocenters. The van der Waals surface area contributed by atoms with Gasteiger partial charge in [-0.05, 0) is 42.0 Å². The first kappa shape index (κ1) is 19.7.